The van der Waals surface area contributed by atoms with Crippen molar-refractivity contribution >= 4 is 34.2 Å². The van der Waals surface area contributed by atoms with Crippen LogP contribution in [0.4, 0.5) is 0 Å². The summed E-state index contributed by atoms with van der Waals surface area (Å²) in [5.74, 6) is 0. The first-order valence-electron chi connectivity index (χ1n) is 7.25. The van der Waals surface area contributed by atoms with Crippen LogP contribution < -0.4 is 0 Å². The molecule has 0 bridgehead atoms. The molecule has 2 nitrogen and oxygen atoms in total. The van der Waals surface area contributed by atoms with Gasteiger partial charge in [-0.2, -0.15) is 0 Å². The fraction of sp³-hybridized carbons (Fsp3) is 0.278. The van der Waals surface area contributed by atoms with Gasteiger partial charge in [0.15, 0.2) is 0 Å². The minimum atomic E-state index is 0.0274. The van der Waals surface area contributed by atoms with Crippen LogP contribution >= 0.6 is 23.2 Å². The summed E-state index contributed by atoms with van der Waals surface area (Å²) in [5.41, 5.74) is 3.30. The van der Waals surface area contributed by atoms with Crippen LogP contribution in [0.1, 0.15) is 32.0 Å². The van der Waals surface area contributed by atoms with Gasteiger partial charge in [-0.1, -0.05) is 50.0 Å². The molecular formula is C18H18Cl2N2. The molecule has 0 radical (unpaired) electrons. The molecule has 0 N–H and O–H groups in total. The van der Waals surface area contributed by atoms with Crippen molar-refractivity contribution < 1.29 is 0 Å². The molecule has 4 heteroatoms. The Hall–Kier alpha value is -1.51. The molecule has 0 amide bonds. The minimum Gasteiger partial charge on any atom is -0.325 e. The summed E-state index contributed by atoms with van der Waals surface area (Å²) in [6.07, 6.45) is 1.83. The zero-order valence-corrected chi connectivity index (χ0v) is 14.4. The Bertz CT molecular complexity index is 829. The van der Waals surface area contributed by atoms with Crippen LogP contribution in [0, 0.1) is 0 Å². The molecule has 0 saturated heterocycles. The van der Waals surface area contributed by atoms with Crippen molar-refractivity contribution in [1.29, 1.82) is 0 Å². The Labute approximate surface area is 140 Å². The quantitative estimate of drug-likeness (QED) is 0.589. The first-order valence-corrected chi connectivity index (χ1v) is 8.00. The molecule has 0 fully saturated rings. The van der Waals surface area contributed by atoms with E-state index in [0.717, 1.165) is 16.6 Å². The van der Waals surface area contributed by atoms with Crippen LogP contribution in [-0.4, -0.2) is 9.55 Å². The number of hydrogen-bond acceptors (Lipinski definition) is 1. The summed E-state index contributed by atoms with van der Waals surface area (Å²) in [6.45, 7) is 7.31. The molecule has 3 rings (SSSR count). The van der Waals surface area contributed by atoms with Crippen LogP contribution in [0.25, 0.3) is 11.0 Å². The van der Waals surface area contributed by atoms with Gasteiger partial charge in [0, 0.05) is 32.7 Å². The summed E-state index contributed by atoms with van der Waals surface area (Å²) in [5, 5.41) is 2.49. The second-order valence-electron chi connectivity index (χ2n) is 6.52. The van der Waals surface area contributed by atoms with E-state index in [-0.39, 0.29) is 5.41 Å². The fourth-order valence-corrected chi connectivity index (χ4v) is 3.16. The fourth-order valence-electron chi connectivity index (χ4n) is 2.69. The second kappa shape index (κ2) is 5.60. The Morgan fingerprint density at radius 2 is 1.86 bits per heavy atom. The van der Waals surface area contributed by atoms with E-state index in [2.05, 4.69) is 42.5 Å². The monoisotopic (exact) mass is 332 g/mol. The Balaban J connectivity index is 2.16. The van der Waals surface area contributed by atoms with Crippen LogP contribution in [-0.2, 0) is 12.0 Å². The SMILES string of the molecule is CC(C)(C)c1cc2cccnc2n1Cc1ccc(Cl)cc1Cl. The molecule has 0 aliphatic rings. The molecule has 0 saturated carbocycles. The number of benzene rings is 1. The predicted molar refractivity (Wildman–Crippen MR) is 94.0 cm³/mol. The summed E-state index contributed by atoms with van der Waals surface area (Å²) >= 11 is 12.3. The highest BCUT2D eigenvalue weighted by atomic mass is 35.5. The third-order valence-corrected chi connectivity index (χ3v) is 4.35. The molecule has 0 spiro atoms. The lowest BCUT2D eigenvalue weighted by molar-refractivity contribution is 0.535. The molecule has 2 aromatic heterocycles. The third-order valence-electron chi connectivity index (χ3n) is 3.77. The van der Waals surface area contributed by atoms with E-state index < -0.39 is 0 Å². The van der Waals surface area contributed by atoms with Gasteiger partial charge in [0.25, 0.3) is 0 Å². The maximum absolute atomic E-state index is 6.35. The smallest absolute Gasteiger partial charge is 0.140 e. The van der Waals surface area contributed by atoms with E-state index in [1.165, 1.54) is 5.69 Å². The van der Waals surface area contributed by atoms with E-state index in [9.17, 15) is 0 Å². The Kier molecular flexibility index (Phi) is 3.92. The first-order chi connectivity index (χ1) is 10.4. The van der Waals surface area contributed by atoms with E-state index in [0.29, 0.717) is 16.6 Å². The van der Waals surface area contributed by atoms with E-state index in [1.54, 1.807) is 6.07 Å². The maximum atomic E-state index is 6.35. The molecule has 2 heterocycles. The van der Waals surface area contributed by atoms with Crippen molar-refractivity contribution in [1.82, 2.24) is 9.55 Å². The normalized spacial score (nSPS) is 12.0. The lowest BCUT2D eigenvalue weighted by Crippen LogP contribution is -2.18. The van der Waals surface area contributed by atoms with Crippen LogP contribution in [0.2, 0.25) is 10.0 Å². The van der Waals surface area contributed by atoms with E-state index in [4.69, 9.17) is 23.2 Å². The summed E-state index contributed by atoms with van der Waals surface area (Å²) in [4.78, 5) is 4.55. The van der Waals surface area contributed by atoms with Gasteiger partial charge in [0.2, 0.25) is 0 Å². The number of hydrogen-bond donors (Lipinski definition) is 0. The zero-order valence-electron chi connectivity index (χ0n) is 12.9. The molecule has 114 valence electrons. The van der Waals surface area contributed by atoms with Gasteiger partial charge in [-0.15, -0.1) is 0 Å². The van der Waals surface area contributed by atoms with Gasteiger partial charge in [-0.05, 0) is 35.9 Å². The average Bonchev–Trinajstić information content (AvgIpc) is 2.81. The Morgan fingerprint density at radius 3 is 2.55 bits per heavy atom. The molecule has 22 heavy (non-hydrogen) atoms. The zero-order chi connectivity index (χ0) is 15.9. The standard InChI is InChI=1S/C18H18Cl2N2/c1-18(2,3)16-9-12-5-4-8-21-17(12)22(16)11-13-6-7-14(19)10-15(13)20/h4-10H,11H2,1-3H3. The molecule has 0 aliphatic heterocycles. The summed E-state index contributed by atoms with van der Waals surface area (Å²) < 4.78 is 2.24. The van der Waals surface area contributed by atoms with Crippen molar-refractivity contribution in [2.45, 2.75) is 32.7 Å². The highest BCUT2D eigenvalue weighted by Crippen LogP contribution is 2.30. The lowest BCUT2D eigenvalue weighted by atomic mass is 9.92. The number of halogens is 2. The van der Waals surface area contributed by atoms with Gasteiger partial charge in [-0.25, -0.2) is 4.98 Å². The van der Waals surface area contributed by atoms with Crippen LogP contribution in [0.3, 0.4) is 0 Å². The number of nitrogens with zero attached hydrogens (tertiary/aromatic N) is 2. The predicted octanol–water partition coefficient (Wildman–Crippen LogP) is 5.69. The molecule has 0 unspecified atom stereocenters. The summed E-state index contributed by atoms with van der Waals surface area (Å²) in [6, 6.07) is 11.9. The Morgan fingerprint density at radius 1 is 1.09 bits per heavy atom. The minimum absolute atomic E-state index is 0.0274. The third kappa shape index (κ3) is 2.86. The molecule has 3 aromatic rings. The number of fused-ring (bicyclic) bond motifs is 1. The molecular weight excluding hydrogens is 315 g/mol. The molecule has 0 atom stereocenters. The maximum Gasteiger partial charge on any atom is 0.140 e. The van der Waals surface area contributed by atoms with Gasteiger partial charge in [-0.3, -0.25) is 0 Å². The van der Waals surface area contributed by atoms with Gasteiger partial charge >= 0.3 is 0 Å². The average molecular weight is 333 g/mol. The second-order valence-corrected chi connectivity index (χ2v) is 7.36. The highest BCUT2D eigenvalue weighted by molar-refractivity contribution is 6.35. The number of pyridine rings is 1. The highest BCUT2D eigenvalue weighted by Gasteiger charge is 2.21. The van der Waals surface area contributed by atoms with Crippen LogP contribution in [0.5, 0.6) is 0 Å². The van der Waals surface area contributed by atoms with Crippen LogP contribution in [0.15, 0.2) is 42.6 Å². The first kappa shape index (κ1) is 15.4. The van der Waals surface area contributed by atoms with Gasteiger partial charge in [0.1, 0.15) is 5.65 Å². The van der Waals surface area contributed by atoms with Crippen molar-refractivity contribution in [2.75, 3.05) is 0 Å². The molecule has 1 aromatic carbocycles. The molecule has 0 aliphatic carbocycles. The lowest BCUT2D eigenvalue weighted by Gasteiger charge is -2.22. The van der Waals surface area contributed by atoms with Crippen molar-refractivity contribution in [3.8, 4) is 0 Å². The largest absolute Gasteiger partial charge is 0.325 e. The van der Waals surface area contributed by atoms with Gasteiger partial charge in [0.05, 0.1) is 6.54 Å². The topological polar surface area (TPSA) is 17.8 Å². The number of rotatable bonds is 2. The van der Waals surface area contributed by atoms with Crippen molar-refractivity contribution in [3.63, 3.8) is 0 Å². The summed E-state index contributed by atoms with van der Waals surface area (Å²) in [7, 11) is 0. The number of aromatic nitrogens is 2. The van der Waals surface area contributed by atoms with Crippen molar-refractivity contribution in [2.24, 2.45) is 0 Å². The van der Waals surface area contributed by atoms with Crippen molar-refractivity contribution in [3.05, 3.63) is 63.9 Å². The van der Waals surface area contributed by atoms with Gasteiger partial charge < -0.3 is 4.57 Å². The van der Waals surface area contributed by atoms with E-state index >= 15 is 0 Å². The van der Waals surface area contributed by atoms with E-state index in [1.807, 2.05) is 24.4 Å².